The van der Waals surface area contributed by atoms with Gasteiger partial charge < -0.3 is 5.01 Å². The number of aromatic nitrogens is 2. The van der Waals surface area contributed by atoms with Crippen LogP contribution >= 0.6 is 0 Å². The van der Waals surface area contributed by atoms with Crippen molar-refractivity contribution in [2.75, 3.05) is 18.1 Å². The fourth-order valence-corrected chi connectivity index (χ4v) is 2.19. The lowest BCUT2D eigenvalue weighted by atomic mass is 10.1. The predicted octanol–water partition coefficient (Wildman–Crippen LogP) is 3.23. The highest BCUT2D eigenvalue weighted by Gasteiger charge is 2.10. The number of hydrogen-bond donors (Lipinski definition) is 0. The van der Waals surface area contributed by atoms with Gasteiger partial charge in [0.2, 0.25) is 0 Å². The summed E-state index contributed by atoms with van der Waals surface area (Å²) in [6.07, 6.45) is 5.05. The van der Waals surface area contributed by atoms with Gasteiger partial charge in [-0.25, -0.2) is 9.66 Å². The van der Waals surface area contributed by atoms with Crippen molar-refractivity contribution in [2.45, 2.75) is 27.2 Å². The van der Waals surface area contributed by atoms with Gasteiger partial charge in [-0.1, -0.05) is 30.7 Å². The summed E-state index contributed by atoms with van der Waals surface area (Å²) in [7, 11) is 0. The molecule has 2 aromatic rings. The first-order valence-corrected chi connectivity index (χ1v) is 6.61. The lowest BCUT2D eigenvalue weighted by Gasteiger charge is -2.25. The Balaban J connectivity index is 2.38. The molecule has 0 unspecified atom stereocenters. The van der Waals surface area contributed by atoms with E-state index in [9.17, 15) is 0 Å². The van der Waals surface area contributed by atoms with Gasteiger partial charge in [0.25, 0.3) is 0 Å². The van der Waals surface area contributed by atoms with Crippen LogP contribution in [-0.2, 0) is 0 Å². The summed E-state index contributed by atoms with van der Waals surface area (Å²) in [4.78, 5) is 4.50. The van der Waals surface area contributed by atoms with E-state index in [4.69, 9.17) is 0 Å². The summed E-state index contributed by atoms with van der Waals surface area (Å²) in [6.45, 7) is 8.52. The standard InChI is InChI=1S/C15H21N3/c1-4-10-17(5-2)18-11-9-16-15(18)14-8-6-7-13(3)12-14/h6-9,11-12H,4-5,10H2,1-3H3. The first kappa shape index (κ1) is 12.7. The fourth-order valence-electron chi connectivity index (χ4n) is 2.19. The van der Waals surface area contributed by atoms with E-state index < -0.39 is 0 Å². The van der Waals surface area contributed by atoms with Gasteiger partial charge in [-0.15, -0.1) is 0 Å². The van der Waals surface area contributed by atoms with Crippen LogP contribution in [0.3, 0.4) is 0 Å². The van der Waals surface area contributed by atoms with Crippen molar-refractivity contribution in [3.05, 3.63) is 42.2 Å². The van der Waals surface area contributed by atoms with Crippen LogP contribution in [0.25, 0.3) is 11.4 Å². The summed E-state index contributed by atoms with van der Waals surface area (Å²) in [6, 6.07) is 8.49. The van der Waals surface area contributed by atoms with Crippen molar-refractivity contribution < 1.29 is 0 Å². The Bertz CT molecular complexity index is 502. The third kappa shape index (κ3) is 2.55. The SMILES string of the molecule is CCCN(CC)n1ccnc1-c1cccc(C)c1. The summed E-state index contributed by atoms with van der Waals surface area (Å²) in [5.74, 6) is 1.02. The molecule has 0 amide bonds. The van der Waals surface area contributed by atoms with Gasteiger partial charge in [0, 0.05) is 31.0 Å². The Morgan fingerprint density at radius 2 is 2.11 bits per heavy atom. The summed E-state index contributed by atoms with van der Waals surface area (Å²) >= 11 is 0. The van der Waals surface area contributed by atoms with E-state index in [1.54, 1.807) is 0 Å². The number of aryl methyl sites for hydroxylation is 1. The predicted molar refractivity (Wildman–Crippen MR) is 76.3 cm³/mol. The average Bonchev–Trinajstić information content (AvgIpc) is 2.85. The van der Waals surface area contributed by atoms with Crippen LogP contribution in [-0.4, -0.2) is 22.7 Å². The molecule has 1 aromatic carbocycles. The van der Waals surface area contributed by atoms with Crippen molar-refractivity contribution in [2.24, 2.45) is 0 Å². The van der Waals surface area contributed by atoms with Crippen molar-refractivity contribution in [1.29, 1.82) is 0 Å². The second-order valence-electron chi connectivity index (χ2n) is 4.51. The third-order valence-electron chi connectivity index (χ3n) is 3.05. The van der Waals surface area contributed by atoms with E-state index in [-0.39, 0.29) is 0 Å². The molecular formula is C15H21N3. The van der Waals surface area contributed by atoms with Crippen LogP contribution in [0.2, 0.25) is 0 Å². The van der Waals surface area contributed by atoms with E-state index >= 15 is 0 Å². The summed E-state index contributed by atoms with van der Waals surface area (Å²) in [5.41, 5.74) is 2.44. The molecule has 0 spiro atoms. The molecule has 0 fully saturated rings. The number of nitrogens with zero attached hydrogens (tertiary/aromatic N) is 3. The zero-order chi connectivity index (χ0) is 13.0. The molecule has 3 nitrogen and oxygen atoms in total. The smallest absolute Gasteiger partial charge is 0.158 e. The molecule has 0 atom stereocenters. The lowest BCUT2D eigenvalue weighted by Crippen LogP contribution is -2.35. The average molecular weight is 243 g/mol. The van der Waals surface area contributed by atoms with Crippen molar-refractivity contribution in [3.63, 3.8) is 0 Å². The largest absolute Gasteiger partial charge is 0.312 e. The number of imidazole rings is 1. The maximum Gasteiger partial charge on any atom is 0.158 e. The monoisotopic (exact) mass is 243 g/mol. The van der Waals surface area contributed by atoms with Gasteiger partial charge in [0.15, 0.2) is 5.82 Å². The van der Waals surface area contributed by atoms with Crippen LogP contribution in [0, 0.1) is 6.92 Å². The summed E-state index contributed by atoms with van der Waals surface area (Å²) < 4.78 is 2.16. The molecule has 18 heavy (non-hydrogen) atoms. The number of rotatable bonds is 5. The van der Waals surface area contributed by atoms with Crippen LogP contribution in [0.4, 0.5) is 0 Å². The normalized spacial score (nSPS) is 10.6. The molecule has 0 aliphatic rings. The molecule has 0 saturated carbocycles. The van der Waals surface area contributed by atoms with Gasteiger partial charge in [0.05, 0.1) is 0 Å². The quantitative estimate of drug-likeness (QED) is 0.804. The number of benzene rings is 1. The van der Waals surface area contributed by atoms with Crippen LogP contribution in [0.5, 0.6) is 0 Å². The zero-order valence-electron chi connectivity index (χ0n) is 11.4. The molecule has 1 heterocycles. The van der Waals surface area contributed by atoms with Crippen LogP contribution in [0.1, 0.15) is 25.8 Å². The molecule has 0 aliphatic heterocycles. The van der Waals surface area contributed by atoms with E-state index in [1.165, 1.54) is 11.1 Å². The molecule has 0 radical (unpaired) electrons. The number of hydrogen-bond acceptors (Lipinski definition) is 2. The zero-order valence-corrected chi connectivity index (χ0v) is 11.4. The molecule has 0 saturated heterocycles. The highest BCUT2D eigenvalue weighted by molar-refractivity contribution is 5.57. The van der Waals surface area contributed by atoms with E-state index in [0.717, 1.165) is 25.3 Å². The van der Waals surface area contributed by atoms with E-state index in [0.29, 0.717) is 0 Å². The van der Waals surface area contributed by atoms with E-state index in [2.05, 4.69) is 59.7 Å². The minimum absolute atomic E-state index is 0.989. The lowest BCUT2D eigenvalue weighted by molar-refractivity contribution is 0.597. The molecule has 0 N–H and O–H groups in total. The molecule has 0 aliphatic carbocycles. The Labute approximate surface area is 109 Å². The van der Waals surface area contributed by atoms with E-state index in [1.807, 2.05) is 12.4 Å². The Hall–Kier alpha value is -1.77. The molecule has 3 heteroatoms. The van der Waals surface area contributed by atoms with Crippen LogP contribution in [0.15, 0.2) is 36.7 Å². The van der Waals surface area contributed by atoms with Gasteiger partial charge in [0.1, 0.15) is 0 Å². The first-order chi connectivity index (χ1) is 8.76. The minimum atomic E-state index is 0.989. The van der Waals surface area contributed by atoms with Crippen molar-refractivity contribution in [1.82, 2.24) is 9.66 Å². The van der Waals surface area contributed by atoms with Crippen molar-refractivity contribution >= 4 is 0 Å². The molecule has 1 aromatic heterocycles. The minimum Gasteiger partial charge on any atom is -0.312 e. The Kier molecular flexibility index (Phi) is 4.03. The second-order valence-corrected chi connectivity index (χ2v) is 4.51. The van der Waals surface area contributed by atoms with Gasteiger partial charge in [-0.05, 0) is 26.3 Å². The highest BCUT2D eigenvalue weighted by atomic mass is 15.6. The Morgan fingerprint density at radius 1 is 1.28 bits per heavy atom. The molecule has 2 rings (SSSR count). The Morgan fingerprint density at radius 3 is 2.78 bits per heavy atom. The van der Waals surface area contributed by atoms with Gasteiger partial charge >= 0.3 is 0 Å². The second kappa shape index (κ2) is 5.71. The van der Waals surface area contributed by atoms with Crippen LogP contribution < -0.4 is 5.01 Å². The summed E-state index contributed by atoms with van der Waals surface area (Å²) in [5, 5.41) is 2.31. The van der Waals surface area contributed by atoms with Crippen molar-refractivity contribution in [3.8, 4) is 11.4 Å². The highest BCUT2D eigenvalue weighted by Crippen LogP contribution is 2.18. The maximum atomic E-state index is 4.50. The maximum absolute atomic E-state index is 4.50. The van der Waals surface area contributed by atoms with Gasteiger partial charge in [-0.3, -0.25) is 0 Å². The molecular weight excluding hydrogens is 222 g/mol. The third-order valence-corrected chi connectivity index (χ3v) is 3.05. The molecule has 96 valence electrons. The molecule has 0 bridgehead atoms. The van der Waals surface area contributed by atoms with Gasteiger partial charge in [-0.2, -0.15) is 0 Å². The fraction of sp³-hybridized carbons (Fsp3) is 0.400. The topological polar surface area (TPSA) is 21.1 Å². The first-order valence-electron chi connectivity index (χ1n) is 6.61.